The molecule has 2 amide bonds. The highest BCUT2D eigenvalue weighted by atomic mass is 35.5. The minimum atomic E-state index is -4.13. The summed E-state index contributed by atoms with van der Waals surface area (Å²) in [5, 5.41) is 3.53. The van der Waals surface area contributed by atoms with Crippen molar-refractivity contribution in [1.29, 1.82) is 0 Å². The standard InChI is InChI=1S/C32H40ClN3O4S/c1-8-29(31(38)34-32(5,6)7)35(20-25-11-13-26(33)14-12-25)30(37)21-36(27-18-23(3)17-24(4)19-27)41(39,40)28-15-9-22(2)10-16-28/h9-19,29H,8,20-21H2,1-7H3,(H,34,38)/t29-/m1/s1. The highest BCUT2D eigenvalue weighted by molar-refractivity contribution is 7.92. The van der Waals surface area contributed by atoms with Gasteiger partial charge < -0.3 is 10.2 Å². The molecule has 3 rings (SSSR count). The van der Waals surface area contributed by atoms with Crippen LogP contribution in [0.1, 0.15) is 56.4 Å². The van der Waals surface area contributed by atoms with Crippen molar-refractivity contribution in [3.05, 3.63) is 94.0 Å². The fraction of sp³-hybridized carbons (Fsp3) is 0.375. The van der Waals surface area contributed by atoms with Gasteiger partial charge >= 0.3 is 0 Å². The number of carbonyl (C=O) groups is 2. The Bertz CT molecular complexity index is 1460. The quantitative estimate of drug-likeness (QED) is 0.302. The number of nitrogens with zero attached hydrogens (tertiary/aromatic N) is 2. The Balaban J connectivity index is 2.10. The highest BCUT2D eigenvalue weighted by Crippen LogP contribution is 2.27. The molecule has 9 heteroatoms. The normalized spacial score (nSPS) is 12.5. The van der Waals surface area contributed by atoms with Gasteiger partial charge in [0.05, 0.1) is 10.6 Å². The average molecular weight is 598 g/mol. The molecule has 0 saturated heterocycles. The van der Waals surface area contributed by atoms with Crippen molar-refractivity contribution in [3.8, 4) is 0 Å². The van der Waals surface area contributed by atoms with Crippen molar-refractivity contribution in [2.45, 2.75) is 77.9 Å². The van der Waals surface area contributed by atoms with Gasteiger partial charge in [0.1, 0.15) is 12.6 Å². The molecule has 0 spiro atoms. The number of rotatable bonds is 10. The van der Waals surface area contributed by atoms with Crippen molar-refractivity contribution >= 4 is 39.1 Å². The summed E-state index contributed by atoms with van der Waals surface area (Å²) in [6, 6.07) is 18.2. The maximum atomic E-state index is 14.2. The second-order valence-corrected chi connectivity index (χ2v) is 13.8. The van der Waals surface area contributed by atoms with E-state index in [4.69, 9.17) is 11.6 Å². The Morgan fingerprint density at radius 3 is 1.95 bits per heavy atom. The summed E-state index contributed by atoms with van der Waals surface area (Å²) in [7, 11) is -4.13. The van der Waals surface area contributed by atoms with E-state index in [0.29, 0.717) is 17.1 Å². The molecule has 0 aromatic heterocycles. The van der Waals surface area contributed by atoms with Gasteiger partial charge in [-0.05, 0) is 101 Å². The molecule has 0 bridgehead atoms. The summed E-state index contributed by atoms with van der Waals surface area (Å²) < 4.78 is 29.2. The Hall–Kier alpha value is -3.36. The predicted octanol–water partition coefficient (Wildman–Crippen LogP) is 6.18. The van der Waals surface area contributed by atoms with E-state index in [-0.39, 0.29) is 17.3 Å². The van der Waals surface area contributed by atoms with Crippen LogP contribution in [0.2, 0.25) is 5.02 Å². The lowest BCUT2D eigenvalue weighted by atomic mass is 10.1. The molecule has 0 aliphatic carbocycles. The average Bonchev–Trinajstić information content (AvgIpc) is 2.86. The lowest BCUT2D eigenvalue weighted by Gasteiger charge is -2.35. The first kappa shape index (κ1) is 32.2. The van der Waals surface area contributed by atoms with Crippen molar-refractivity contribution < 1.29 is 18.0 Å². The smallest absolute Gasteiger partial charge is 0.264 e. The van der Waals surface area contributed by atoms with Crippen LogP contribution in [0.4, 0.5) is 5.69 Å². The molecule has 1 N–H and O–H groups in total. The molecule has 1 atom stereocenters. The van der Waals surface area contributed by atoms with Crippen LogP contribution in [-0.4, -0.2) is 43.3 Å². The molecule has 3 aromatic rings. The SMILES string of the molecule is CC[C@H](C(=O)NC(C)(C)C)N(Cc1ccc(Cl)cc1)C(=O)CN(c1cc(C)cc(C)c1)S(=O)(=O)c1ccc(C)cc1. The number of aryl methyl sites for hydroxylation is 3. The van der Waals surface area contributed by atoms with Crippen LogP contribution < -0.4 is 9.62 Å². The molecule has 0 radical (unpaired) electrons. The van der Waals surface area contributed by atoms with Crippen LogP contribution in [-0.2, 0) is 26.2 Å². The number of benzene rings is 3. The molecular formula is C32H40ClN3O4S. The zero-order chi connectivity index (χ0) is 30.5. The molecule has 220 valence electrons. The van der Waals surface area contributed by atoms with E-state index in [9.17, 15) is 18.0 Å². The molecule has 0 unspecified atom stereocenters. The third kappa shape index (κ3) is 8.57. The molecule has 0 aliphatic heterocycles. The number of amides is 2. The summed E-state index contributed by atoms with van der Waals surface area (Å²) in [6.45, 7) is 12.7. The Labute approximate surface area is 249 Å². The molecule has 0 aliphatic rings. The van der Waals surface area contributed by atoms with E-state index in [2.05, 4.69) is 5.32 Å². The summed E-state index contributed by atoms with van der Waals surface area (Å²) in [4.78, 5) is 29.1. The van der Waals surface area contributed by atoms with E-state index < -0.39 is 34.1 Å². The first-order valence-electron chi connectivity index (χ1n) is 13.6. The molecule has 3 aromatic carbocycles. The fourth-order valence-electron chi connectivity index (χ4n) is 4.62. The van der Waals surface area contributed by atoms with Crippen molar-refractivity contribution in [2.75, 3.05) is 10.8 Å². The lowest BCUT2D eigenvalue weighted by Crippen LogP contribution is -2.55. The zero-order valence-electron chi connectivity index (χ0n) is 24.9. The van der Waals surface area contributed by atoms with E-state index in [1.165, 1.54) is 4.90 Å². The van der Waals surface area contributed by atoms with Gasteiger partial charge in [-0.15, -0.1) is 0 Å². The molecular weight excluding hydrogens is 558 g/mol. The maximum Gasteiger partial charge on any atom is 0.264 e. The number of hydrogen-bond donors (Lipinski definition) is 1. The second kappa shape index (κ2) is 13.1. The molecule has 0 heterocycles. The predicted molar refractivity (Wildman–Crippen MR) is 166 cm³/mol. The van der Waals surface area contributed by atoms with Crippen molar-refractivity contribution in [2.24, 2.45) is 0 Å². The minimum absolute atomic E-state index is 0.0804. The summed E-state index contributed by atoms with van der Waals surface area (Å²) in [6.07, 6.45) is 0.343. The van der Waals surface area contributed by atoms with Gasteiger partial charge in [0.25, 0.3) is 10.0 Å². The van der Waals surface area contributed by atoms with E-state index in [1.807, 2.05) is 54.5 Å². The summed E-state index contributed by atoms with van der Waals surface area (Å²) in [5.74, 6) is -0.799. The number of carbonyl (C=O) groups excluding carboxylic acids is 2. The van der Waals surface area contributed by atoms with E-state index in [1.54, 1.807) is 60.7 Å². The van der Waals surface area contributed by atoms with Crippen LogP contribution in [0, 0.1) is 20.8 Å². The number of hydrogen-bond acceptors (Lipinski definition) is 4. The summed E-state index contributed by atoms with van der Waals surface area (Å²) >= 11 is 6.09. The van der Waals surface area contributed by atoms with Crippen LogP contribution in [0.3, 0.4) is 0 Å². The van der Waals surface area contributed by atoms with Gasteiger partial charge in [-0.1, -0.05) is 54.4 Å². The maximum absolute atomic E-state index is 14.2. The van der Waals surface area contributed by atoms with Crippen LogP contribution in [0.5, 0.6) is 0 Å². The topological polar surface area (TPSA) is 86.8 Å². The van der Waals surface area contributed by atoms with E-state index >= 15 is 0 Å². The summed E-state index contributed by atoms with van der Waals surface area (Å²) in [5.41, 5.74) is 3.29. The van der Waals surface area contributed by atoms with Gasteiger partial charge in [0, 0.05) is 17.1 Å². The van der Waals surface area contributed by atoms with Gasteiger partial charge in [0.15, 0.2) is 0 Å². The third-order valence-corrected chi connectivity index (χ3v) is 8.57. The molecule has 0 saturated carbocycles. The first-order valence-corrected chi connectivity index (χ1v) is 15.5. The van der Waals surface area contributed by atoms with Gasteiger partial charge in [-0.2, -0.15) is 0 Å². The third-order valence-electron chi connectivity index (χ3n) is 6.53. The van der Waals surface area contributed by atoms with Crippen molar-refractivity contribution in [3.63, 3.8) is 0 Å². The zero-order valence-corrected chi connectivity index (χ0v) is 26.4. The van der Waals surface area contributed by atoms with Crippen LogP contribution >= 0.6 is 11.6 Å². The lowest BCUT2D eigenvalue weighted by molar-refractivity contribution is -0.141. The first-order chi connectivity index (χ1) is 19.1. The second-order valence-electron chi connectivity index (χ2n) is 11.5. The number of halogens is 1. The van der Waals surface area contributed by atoms with E-state index in [0.717, 1.165) is 26.6 Å². The Morgan fingerprint density at radius 2 is 1.44 bits per heavy atom. The van der Waals surface area contributed by atoms with Gasteiger partial charge in [-0.25, -0.2) is 8.42 Å². The highest BCUT2D eigenvalue weighted by Gasteiger charge is 2.34. The van der Waals surface area contributed by atoms with Crippen molar-refractivity contribution in [1.82, 2.24) is 10.2 Å². The Morgan fingerprint density at radius 1 is 0.878 bits per heavy atom. The molecule has 0 fully saturated rings. The largest absolute Gasteiger partial charge is 0.350 e. The van der Waals surface area contributed by atoms with Gasteiger partial charge in [0.2, 0.25) is 11.8 Å². The molecule has 41 heavy (non-hydrogen) atoms. The number of sulfonamides is 1. The number of nitrogens with one attached hydrogen (secondary N) is 1. The van der Waals surface area contributed by atoms with Crippen LogP contribution in [0.15, 0.2) is 71.6 Å². The number of anilines is 1. The molecule has 7 nitrogen and oxygen atoms in total. The van der Waals surface area contributed by atoms with Gasteiger partial charge in [-0.3, -0.25) is 13.9 Å². The Kier molecular flexibility index (Phi) is 10.3. The monoisotopic (exact) mass is 597 g/mol. The fourth-order valence-corrected chi connectivity index (χ4v) is 6.14. The van der Waals surface area contributed by atoms with Crippen LogP contribution in [0.25, 0.3) is 0 Å². The minimum Gasteiger partial charge on any atom is -0.350 e.